The van der Waals surface area contributed by atoms with Gasteiger partial charge < -0.3 is 24.8 Å². The van der Waals surface area contributed by atoms with E-state index in [4.69, 9.17) is 37.4 Å². The van der Waals surface area contributed by atoms with Gasteiger partial charge in [0.25, 0.3) is 0 Å². The summed E-state index contributed by atoms with van der Waals surface area (Å²) in [5, 5.41) is 6.75. The van der Waals surface area contributed by atoms with E-state index in [0.717, 1.165) is 0 Å². The molecule has 0 saturated carbocycles. The van der Waals surface area contributed by atoms with Gasteiger partial charge in [0, 0.05) is 33.6 Å². The van der Waals surface area contributed by atoms with E-state index in [0.29, 0.717) is 38.7 Å². The number of carbonyl (C=O) groups excluding carboxylic acids is 1. The van der Waals surface area contributed by atoms with Gasteiger partial charge in [-0.15, -0.1) is 0 Å². The fourth-order valence-corrected chi connectivity index (χ4v) is 2.88. The highest BCUT2D eigenvalue weighted by atomic mass is 35.5. The van der Waals surface area contributed by atoms with Crippen molar-refractivity contribution in [2.75, 3.05) is 32.0 Å². The van der Waals surface area contributed by atoms with Crippen LogP contribution in [0.1, 0.15) is 6.92 Å². The molecule has 0 aromatic heterocycles. The van der Waals surface area contributed by atoms with Crippen LogP contribution in [0.15, 0.2) is 30.3 Å². The zero-order valence-electron chi connectivity index (χ0n) is 14.9. The normalized spacial score (nSPS) is 11.5. The van der Waals surface area contributed by atoms with Crippen molar-refractivity contribution < 1.29 is 19.0 Å². The number of benzene rings is 2. The Morgan fingerprint density at radius 1 is 0.885 bits per heavy atom. The van der Waals surface area contributed by atoms with Crippen LogP contribution in [0.2, 0.25) is 10.0 Å². The molecule has 0 fully saturated rings. The number of carbonyl (C=O) groups is 1. The third-order valence-electron chi connectivity index (χ3n) is 3.57. The van der Waals surface area contributed by atoms with Crippen LogP contribution in [-0.2, 0) is 4.79 Å². The number of hydrogen-bond acceptors (Lipinski definition) is 5. The molecule has 6 nitrogen and oxygen atoms in total. The minimum absolute atomic E-state index is 0.253. The number of rotatable bonds is 7. The summed E-state index contributed by atoms with van der Waals surface area (Å²) in [5.74, 6) is 1.20. The molecule has 0 radical (unpaired) electrons. The molecule has 0 unspecified atom stereocenters. The topological polar surface area (TPSA) is 68.8 Å². The van der Waals surface area contributed by atoms with Gasteiger partial charge in [-0.05, 0) is 25.1 Å². The average molecular weight is 399 g/mol. The monoisotopic (exact) mass is 398 g/mol. The Morgan fingerprint density at radius 2 is 1.42 bits per heavy atom. The molecule has 0 saturated heterocycles. The van der Waals surface area contributed by atoms with Crippen LogP contribution in [0.5, 0.6) is 17.2 Å². The van der Waals surface area contributed by atoms with E-state index >= 15 is 0 Å². The summed E-state index contributed by atoms with van der Waals surface area (Å²) in [5.41, 5.74) is 1.16. The number of anilines is 2. The molecule has 8 heteroatoms. The molecule has 0 aliphatic heterocycles. The molecular formula is C18H20Cl2N2O4. The highest BCUT2D eigenvalue weighted by molar-refractivity contribution is 6.35. The van der Waals surface area contributed by atoms with Gasteiger partial charge in [-0.3, -0.25) is 4.79 Å². The van der Waals surface area contributed by atoms with Gasteiger partial charge in [0.15, 0.2) is 11.5 Å². The molecule has 2 N–H and O–H groups in total. The first-order valence-corrected chi connectivity index (χ1v) is 8.47. The molecule has 0 bridgehead atoms. The molecule has 0 aliphatic rings. The lowest BCUT2D eigenvalue weighted by Gasteiger charge is -2.18. The fourth-order valence-electron chi connectivity index (χ4n) is 2.36. The summed E-state index contributed by atoms with van der Waals surface area (Å²) in [6.07, 6.45) is 0. The van der Waals surface area contributed by atoms with Gasteiger partial charge in [-0.2, -0.15) is 0 Å². The van der Waals surface area contributed by atoms with Crippen molar-refractivity contribution >= 4 is 40.5 Å². The van der Waals surface area contributed by atoms with Gasteiger partial charge in [-0.1, -0.05) is 23.2 Å². The largest absolute Gasteiger partial charge is 0.493 e. The summed E-state index contributed by atoms with van der Waals surface area (Å²) in [6.45, 7) is 1.73. The second kappa shape index (κ2) is 8.87. The first-order valence-electron chi connectivity index (χ1n) is 7.71. The zero-order chi connectivity index (χ0) is 19.3. The van der Waals surface area contributed by atoms with E-state index in [1.807, 2.05) is 0 Å². The van der Waals surface area contributed by atoms with Crippen molar-refractivity contribution in [1.82, 2.24) is 0 Å². The van der Waals surface area contributed by atoms with Crippen molar-refractivity contribution in [3.63, 3.8) is 0 Å². The van der Waals surface area contributed by atoms with Crippen LogP contribution in [0.3, 0.4) is 0 Å². The van der Waals surface area contributed by atoms with Gasteiger partial charge in [0.2, 0.25) is 11.7 Å². The Morgan fingerprint density at radius 3 is 1.88 bits per heavy atom. The van der Waals surface area contributed by atoms with Crippen LogP contribution in [0.4, 0.5) is 11.4 Å². The SMILES string of the molecule is COc1cc(N[C@H](C)C(=O)Nc2cc(Cl)cc(Cl)c2)cc(OC)c1OC. The summed E-state index contributed by atoms with van der Waals surface area (Å²) >= 11 is 11.9. The second-order valence-electron chi connectivity index (χ2n) is 5.43. The zero-order valence-corrected chi connectivity index (χ0v) is 16.4. The summed E-state index contributed by atoms with van der Waals surface area (Å²) in [6, 6.07) is 7.74. The van der Waals surface area contributed by atoms with Crippen LogP contribution in [-0.4, -0.2) is 33.3 Å². The van der Waals surface area contributed by atoms with Gasteiger partial charge in [0.05, 0.1) is 21.3 Å². The Hall–Kier alpha value is -2.31. The maximum atomic E-state index is 12.4. The predicted octanol–water partition coefficient (Wildman–Crippen LogP) is 4.46. The Labute approximate surface area is 162 Å². The van der Waals surface area contributed by atoms with Crippen molar-refractivity contribution in [3.8, 4) is 17.2 Å². The Bertz CT molecular complexity index is 754. The minimum Gasteiger partial charge on any atom is -0.493 e. The summed E-state index contributed by atoms with van der Waals surface area (Å²) in [7, 11) is 4.58. The van der Waals surface area contributed by atoms with E-state index in [2.05, 4.69) is 10.6 Å². The minimum atomic E-state index is -0.546. The van der Waals surface area contributed by atoms with Crippen molar-refractivity contribution in [3.05, 3.63) is 40.4 Å². The smallest absolute Gasteiger partial charge is 0.246 e. The maximum Gasteiger partial charge on any atom is 0.246 e. The number of amides is 1. The van der Waals surface area contributed by atoms with Gasteiger partial charge in [-0.25, -0.2) is 0 Å². The van der Waals surface area contributed by atoms with Crippen molar-refractivity contribution in [2.45, 2.75) is 13.0 Å². The summed E-state index contributed by atoms with van der Waals surface area (Å²) in [4.78, 5) is 12.4. The second-order valence-corrected chi connectivity index (χ2v) is 6.30. The number of halogens is 2. The molecule has 0 aliphatic carbocycles. The maximum absolute atomic E-state index is 12.4. The van der Waals surface area contributed by atoms with E-state index in [9.17, 15) is 4.79 Å². The number of ether oxygens (including phenoxy) is 3. The standard InChI is InChI=1S/C18H20Cl2N2O4/c1-10(18(23)22-13-6-11(19)5-12(20)7-13)21-14-8-15(24-2)17(26-4)16(9-14)25-3/h5-10,21H,1-4H3,(H,22,23)/t10-/m1/s1. The van der Waals surface area contributed by atoms with E-state index in [1.54, 1.807) is 37.3 Å². The molecule has 1 atom stereocenters. The van der Waals surface area contributed by atoms with Crippen LogP contribution >= 0.6 is 23.2 Å². The van der Waals surface area contributed by atoms with E-state index in [1.165, 1.54) is 21.3 Å². The van der Waals surface area contributed by atoms with Gasteiger partial charge in [0.1, 0.15) is 6.04 Å². The lowest BCUT2D eigenvalue weighted by molar-refractivity contribution is -0.116. The molecule has 26 heavy (non-hydrogen) atoms. The first-order chi connectivity index (χ1) is 12.4. The lowest BCUT2D eigenvalue weighted by atomic mass is 10.2. The highest BCUT2D eigenvalue weighted by Crippen LogP contribution is 2.40. The Kier molecular flexibility index (Phi) is 6.83. The highest BCUT2D eigenvalue weighted by Gasteiger charge is 2.17. The predicted molar refractivity (Wildman–Crippen MR) is 104 cm³/mol. The van der Waals surface area contributed by atoms with Crippen LogP contribution < -0.4 is 24.8 Å². The molecule has 0 heterocycles. The van der Waals surface area contributed by atoms with E-state index < -0.39 is 6.04 Å². The molecule has 2 aromatic carbocycles. The number of nitrogens with one attached hydrogen (secondary N) is 2. The molecular weight excluding hydrogens is 379 g/mol. The molecule has 140 valence electrons. The molecule has 0 spiro atoms. The van der Waals surface area contributed by atoms with Crippen molar-refractivity contribution in [2.24, 2.45) is 0 Å². The number of hydrogen-bond donors (Lipinski definition) is 2. The summed E-state index contributed by atoms with van der Waals surface area (Å²) < 4.78 is 15.9. The third-order valence-corrected chi connectivity index (χ3v) is 4.01. The fraction of sp³-hybridized carbons (Fsp3) is 0.278. The first kappa shape index (κ1) is 20.0. The molecule has 1 amide bonds. The van der Waals surface area contributed by atoms with Crippen LogP contribution in [0, 0.1) is 0 Å². The quantitative estimate of drug-likeness (QED) is 0.720. The lowest BCUT2D eigenvalue weighted by Crippen LogP contribution is -2.31. The number of methoxy groups -OCH3 is 3. The van der Waals surface area contributed by atoms with Crippen molar-refractivity contribution in [1.29, 1.82) is 0 Å². The van der Waals surface area contributed by atoms with E-state index in [-0.39, 0.29) is 5.91 Å². The molecule has 2 rings (SSSR count). The van der Waals surface area contributed by atoms with Gasteiger partial charge >= 0.3 is 0 Å². The third kappa shape index (κ3) is 4.86. The van der Waals surface area contributed by atoms with Crippen LogP contribution in [0.25, 0.3) is 0 Å². The average Bonchev–Trinajstić information content (AvgIpc) is 2.59. The molecule has 2 aromatic rings. The Balaban J connectivity index is 2.15.